The summed E-state index contributed by atoms with van der Waals surface area (Å²) in [5.74, 6) is 1.41. The fourth-order valence-corrected chi connectivity index (χ4v) is 4.21. The minimum Gasteiger partial charge on any atom is -0.354 e. The van der Waals surface area contributed by atoms with Crippen molar-refractivity contribution < 1.29 is 0 Å². The van der Waals surface area contributed by atoms with Crippen molar-refractivity contribution in [2.24, 2.45) is 0 Å². The van der Waals surface area contributed by atoms with Gasteiger partial charge in [0.15, 0.2) is 5.82 Å². The lowest BCUT2D eigenvalue weighted by atomic mass is 10.1. The number of aromatic amines is 2. The maximum absolute atomic E-state index is 4.72. The fourth-order valence-electron chi connectivity index (χ4n) is 3.62. The van der Waals surface area contributed by atoms with Crippen molar-refractivity contribution in [2.45, 2.75) is 0 Å². The third-order valence-corrected chi connectivity index (χ3v) is 6.03. The first kappa shape index (κ1) is 18.5. The summed E-state index contributed by atoms with van der Waals surface area (Å²) < 4.78 is 0. The SMILES string of the molecule is c1cc(Nc2ccc(-c3cn[nH]c3)cc2)nc(-c2ccc3cc(-c4cncs4)[nH]c3c2)n1. The van der Waals surface area contributed by atoms with Gasteiger partial charge in [0.1, 0.15) is 5.82 Å². The first-order valence-corrected chi connectivity index (χ1v) is 10.9. The highest BCUT2D eigenvalue weighted by Gasteiger charge is 2.09. The van der Waals surface area contributed by atoms with E-state index in [-0.39, 0.29) is 0 Å². The number of fused-ring (bicyclic) bond motifs is 1. The van der Waals surface area contributed by atoms with Crippen LogP contribution in [0.4, 0.5) is 11.5 Å². The van der Waals surface area contributed by atoms with Crippen molar-refractivity contribution in [3.8, 4) is 33.1 Å². The molecule has 154 valence electrons. The van der Waals surface area contributed by atoms with E-state index in [1.807, 2.05) is 42.2 Å². The molecule has 3 N–H and O–H groups in total. The maximum Gasteiger partial charge on any atom is 0.161 e. The summed E-state index contributed by atoms with van der Waals surface area (Å²) in [6.45, 7) is 0. The molecule has 0 spiro atoms. The lowest BCUT2D eigenvalue weighted by Crippen LogP contribution is -1.96. The number of H-pyrrole nitrogens is 2. The molecule has 7 nitrogen and oxygen atoms in total. The fraction of sp³-hybridized carbons (Fsp3) is 0. The number of nitrogens with one attached hydrogen (secondary N) is 3. The molecule has 0 radical (unpaired) electrons. The standard InChI is InChI=1S/C24H17N7S/c1-2-17(10-20-16(1)9-21(30-20)22-13-25-14-32-22)24-26-8-7-23(31-24)29-19-5-3-15(4-6-19)18-11-27-28-12-18/h1-14,30H,(H,27,28)(H,26,29,31). The number of hydrogen-bond acceptors (Lipinski definition) is 6. The third kappa shape index (κ3) is 3.52. The van der Waals surface area contributed by atoms with Crippen LogP contribution >= 0.6 is 11.3 Å². The number of nitrogens with zero attached hydrogens (tertiary/aromatic N) is 4. The van der Waals surface area contributed by atoms with Gasteiger partial charge in [-0.1, -0.05) is 24.3 Å². The average Bonchev–Trinajstić information content (AvgIpc) is 3.61. The van der Waals surface area contributed by atoms with Gasteiger partial charge in [0, 0.05) is 46.3 Å². The smallest absolute Gasteiger partial charge is 0.161 e. The number of thiazole rings is 1. The summed E-state index contributed by atoms with van der Waals surface area (Å²) in [5.41, 5.74) is 8.01. The van der Waals surface area contributed by atoms with Crippen LogP contribution in [0.15, 0.2) is 84.9 Å². The zero-order valence-corrected chi connectivity index (χ0v) is 17.6. The average molecular weight is 436 g/mol. The first-order valence-electron chi connectivity index (χ1n) is 10.0. The number of benzene rings is 2. The van der Waals surface area contributed by atoms with Gasteiger partial charge in [0.25, 0.3) is 0 Å². The van der Waals surface area contributed by atoms with Crippen LogP contribution in [0.5, 0.6) is 0 Å². The van der Waals surface area contributed by atoms with E-state index in [0.29, 0.717) is 5.82 Å². The number of anilines is 2. The molecule has 8 heteroatoms. The lowest BCUT2D eigenvalue weighted by Gasteiger charge is -2.08. The van der Waals surface area contributed by atoms with Gasteiger partial charge in [0.05, 0.1) is 22.3 Å². The van der Waals surface area contributed by atoms with Crippen molar-refractivity contribution in [1.29, 1.82) is 0 Å². The Hall–Kier alpha value is -4.30. The van der Waals surface area contributed by atoms with Gasteiger partial charge in [0.2, 0.25) is 0 Å². The maximum atomic E-state index is 4.72. The van der Waals surface area contributed by atoms with Gasteiger partial charge < -0.3 is 10.3 Å². The topological polar surface area (TPSA) is 95.2 Å². The minimum atomic E-state index is 0.667. The summed E-state index contributed by atoms with van der Waals surface area (Å²) in [4.78, 5) is 17.9. The highest BCUT2D eigenvalue weighted by Crippen LogP contribution is 2.29. The highest BCUT2D eigenvalue weighted by molar-refractivity contribution is 7.13. The second kappa shape index (κ2) is 7.75. The van der Waals surface area contributed by atoms with E-state index < -0.39 is 0 Å². The zero-order chi connectivity index (χ0) is 21.3. The molecule has 0 atom stereocenters. The molecule has 0 bridgehead atoms. The van der Waals surface area contributed by atoms with Crippen molar-refractivity contribution in [3.63, 3.8) is 0 Å². The summed E-state index contributed by atoms with van der Waals surface area (Å²) in [7, 11) is 0. The molecule has 0 unspecified atom stereocenters. The lowest BCUT2D eigenvalue weighted by molar-refractivity contribution is 1.09. The molecule has 0 saturated carbocycles. The molecule has 6 aromatic rings. The normalized spacial score (nSPS) is 11.1. The van der Waals surface area contributed by atoms with Crippen molar-refractivity contribution >= 4 is 33.7 Å². The van der Waals surface area contributed by atoms with Crippen LogP contribution in [0.1, 0.15) is 0 Å². The molecule has 0 aliphatic carbocycles. The van der Waals surface area contributed by atoms with Crippen LogP contribution < -0.4 is 5.32 Å². The predicted octanol–water partition coefficient (Wildman–Crippen LogP) is 5.88. The van der Waals surface area contributed by atoms with E-state index in [9.17, 15) is 0 Å². The van der Waals surface area contributed by atoms with Gasteiger partial charge >= 0.3 is 0 Å². The Balaban J connectivity index is 1.26. The van der Waals surface area contributed by atoms with Crippen LogP contribution in [-0.2, 0) is 0 Å². The Morgan fingerprint density at radius 2 is 1.78 bits per heavy atom. The highest BCUT2D eigenvalue weighted by atomic mass is 32.1. The molecule has 4 heterocycles. The molecule has 0 aliphatic rings. The van der Waals surface area contributed by atoms with Crippen LogP contribution in [0.25, 0.3) is 44.0 Å². The molecule has 0 saturated heterocycles. The quantitative estimate of drug-likeness (QED) is 0.314. The Bertz CT molecular complexity index is 1480. The monoisotopic (exact) mass is 435 g/mol. The van der Waals surface area contributed by atoms with Crippen LogP contribution in [0.3, 0.4) is 0 Å². The van der Waals surface area contributed by atoms with Gasteiger partial charge in [-0.25, -0.2) is 9.97 Å². The predicted molar refractivity (Wildman–Crippen MR) is 128 cm³/mol. The molecular formula is C24H17N7S. The van der Waals surface area contributed by atoms with Crippen molar-refractivity contribution in [2.75, 3.05) is 5.32 Å². The largest absolute Gasteiger partial charge is 0.354 e. The molecule has 2 aromatic carbocycles. The van der Waals surface area contributed by atoms with E-state index in [1.54, 1.807) is 23.7 Å². The van der Waals surface area contributed by atoms with Gasteiger partial charge in [-0.2, -0.15) is 5.10 Å². The first-order chi connectivity index (χ1) is 15.8. The van der Waals surface area contributed by atoms with E-state index >= 15 is 0 Å². The van der Waals surface area contributed by atoms with Gasteiger partial charge in [-0.3, -0.25) is 10.1 Å². The number of hydrogen-bond donors (Lipinski definition) is 3. The molecule has 4 aromatic heterocycles. The second-order valence-electron chi connectivity index (χ2n) is 7.31. The molecular weight excluding hydrogens is 418 g/mol. The van der Waals surface area contributed by atoms with E-state index in [4.69, 9.17) is 4.98 Å². The van der Waals surface area contributed by atoms with Crippen LogP contribution in [0.2, 0.25) is 0 Å². The number of rotatable bonds is 5. The second-order valence-corrected chi connectivity index (χ2v) is 8.19. The summed E-state index contributed by atoms with van der Waals surface area (Å²) >= 11 is 1.61. The summed E-state index contributed by atoms with van der Waals surface area (Å²) in [6, 6.07) is 18.4. The molecule has 6 rings (SSSR count). The van der Waals surface area contributed by atoms with Gasteiger partial charge in [-0.15, -0.1) is 11.3 Å². The molecule has 32 heavy (non-hydrogen) atoms. The van der Waals surface area contributed by atoms with Crippen molar-refractivity contribution in [1.82, 2.24) is 30.1 Å². The van der Waals surface area contributed by atoms with E-state index in [1.165, 1.54) is 0 Å². The molecule has 0 amide bonds. The van der Waals surface area contributed by atoms with E-state index in [0.717, 1.165) is 49.7 Å². The number of aromatic nitrogens is 6. The van der Waals surface area contributed by atoms with Crippen LogP contribution in [0, 0.1) is 0 Å². The Morgan fingerprint density at radius 1 is 0.875 bits per heavy atom. The Morgan fingerprint density at radius 3 is 2.59 bits per heavy atom. The summed E-state index contributed by atoms with van der Waals surface area (Å²) in [6.07, 6.45) is 7.32. The Labute approximate surface area is 187 Å². The van der Waals surface area contributed by atoms with E-state index in [2.05, 4.69) is 60.8 Å². The van der Waals surface area contributed by atoms with Crippen LogP contribution in [-0.4, -0.2) is 30.1 Å². The minimum absolute atomic E-state index is 0.667. The molecule has 0 fully saturated rings. The molecule has 0 aliphatic heterocycles. The Kier molecular flexibility index (Phi) is 4.47. The third-order valence-electron chi connectivity index (χ3n) is 5.22. The summed E-state index contributed by atoms with van der Waals surface area (Å²) in [5, 5.41) is 11.3. The zero-order valence-electron chi connectivity index (χ0n) is 16.8. The van der Waals surface area contributed by atoms with Crippen molar-refractivity contribution in [3.05, 3.63) is 84.9 Å². The van der Waals surface area contributed by atoms with Gasteiger partial charge in [-0.05, 0) is 35.9 Å².